The lowest BCUT2D eigenvalue weighted by atomic mass is 9.88. The van der Waals surface area contributed by atoms with Crippen molar-refractivity contribution in [1.82, 2.24) is 5.32 Å². The number of carbonyl (C=O) groups is 1. The number of hydrogen-bond donors (Lipinski definition) is 2. The standard InChI is InChI=1S/C13H22N2OS/c1-9(13(3,4)5)14-8-12-11(6-7-17-12)15-10(2)16/h6-7,9,14H,8H2,1-5H3,(H,15,16). The third kappa shape index (κ3) is 4.48. The summed E-state index contributed by atoms with van der Waals surface area (Å²) in [5, 5.41) is 8.35. The Bertz CT molecular complexity index is 379. The molecule has 1 atom stereocenters. The number of rotatable bonds is 4. The molecule has 0 saturated heterocycles. The topological polar surface area (TPSA) is 41.1 Å². The monoisotopic (exact) mass is 254 g/mol. The van der Waals surface area contributed by atoms with Gasteiger partial charge < -0.3 is 10.6 Å². The van der Waals surface area contributed by atoms with Crippen LogP contribution in [-0.2, 0) is 11.3 Å². The Morgan fingerprint density at radius 2 is 2.12 bits per heavy atom. The zero-order valence-corrected chi connectivity index (χ0v) is 12.1. The molecule has 1 amide bonds. The third-order valence-corrected chi connectivity index (χ3v) is 3.84. The van der Waals surface area contributed by atoms with Crippen molar-refractivity contribution in [2.45, 2.75) is 47.2 Å². The Balaban J connectivity index is 2.58. The van der Waals surface area contributed by atoms with Crippen molar-refractivity contribution in [2.24, 2.45) is 5.41 Å². The van der Waals surface area contributed by atoms with Crippen LogP contribution in [0.5, 0.6) is 0 Å². The van der Waals surface area contributed by atoms with Crippen molar-refractivity contribution in [3.05, 3.63) is 16.3 Å². The number of amides is 1. The second-order valence-electron chi connectivity index (χ2n) is 5.41. The fourth-order valence-corrected chi connectivity index (χ4v) is 2.11. The van der Waals surface area contributed by atoms with Gasteiger partial charge in [0, 0.05) is 24.4 Å². The van der Waals surface area contributed by atoms with Crippen LogP contribution in [0.4, 0.5) is 5.69 Å². The van der Waals surface area contributed by atoms with Gasteiger partial charge in [-0.25, -0.2) is 0 Å². The van der Waals surface area contributed by atoms with Crippen molar-refractivity contribution in [2.75, 3.05) is 5.32 Å². The molecule has 0 aliphatic rings. The number of nitrogens with one attached hydrogen (secondary N) is 2. The summed E-state index contributed by atoms with van der Waals surface area (Å²) in [6.45, 7) is 11.2. The van der Waals surface area contributed by atoms with E-state index in [4.69, 9.17) is 0 Å². The molecule has 4 heteroatoms. The first kappa shape index (κ1) is 14.2. The van der Waals surface area contributed by atoms with E-state index in [9.17, 15) is 4.79 Å². The smallest absolute Gasteiger partial charge is 0.221 e. The summed E-state index contributed by atoms with van der Waals surface area (Å²) in [4.78, 5) is 12.2. The maximum atomic E-state index is 11.0. The van der Waals surface area contributed by atoms with Gasteiger partial charge >= 0.3 is 0 Å². The first-order chi connectivity index (χ1) is 7.80. The summed E-state index contributed by atoms with van der Waals surface area (Å²) in [5.74, 6) is -0.0199. The maximum absolute atomic E-state index is 11.0. The number of thiophene rings is 1. The Labute approximate surface area is 108 Å². The van der Waals surface area contributed by atoms with Crippen LogP contribution in [0.15, 0.2) is 11.4 Å². The lowest BCUT2D eigenvalue weighted by molar-refractivity contribution is -0.114. The van der Waals surface area contributed by atoms with Crippen LogP contribution >= 0.6 is 11.3 Å². The second-order valence-corrected chi connectivity index (χ2v) is 6.41. The van der Waals surface area contributed by atoms with E-state index in [1.165, 1.54) is 11.8 Å². The molecule has 0 fully saturated rings. The van der Waals surface area contributed by atoms with E-state index >= 15 is 0 Å². The van der Waals surface area contributed by atoms with Gasteiger partial charge in [-0.2, -0.15) is 0 Å². The Morgan fingerprint density at radius 3 is 2.65 bits per heavy atom. The largest absolute Gasteiger partial charge is 0.325 e. The molecule has 0 aromatic carbocycles. The van der Waals surface area contributed by atoms with E-state index in [2.05, 4.69) is 38.3 Å². The van der Waals surface area contributed by atoms with Crippen LogP contribution in [0.3, 0.4) is 0 Å². The van der Waals surface area contributed by atoms with Gasteiger partial charge in [-0.3, -0.25) is 4.79 Å². The molecule has 1 rings (SSSR count). The Hall–Kier alpha value is -0.870. The van der Waals surface area contributed by atoms with Crippen molar-refractivity contribution in [1.29, 1.82) is 0 Å². The molecular weight excluding hydrogens is 232 g/mol. The molecule has 2 N–H and O–H groups in total. The van der Waals surface area contributed by atoms with E-state index < -0.39 is 0 Å². The second kappa shape index (κ2) is 5.65. The zero-order chi connectivity index (χ0) is 13.1. The molecule has 0 spiro atoms. The van der Waals surface area contributed by atoms with Crippen LogP contribution in [0.25, 0.3) is 0 Å². The average molecular weight is 254 g/mol. The maximum Gasteiger partial charge on any atom is 0.221 e. The van der Waals surface area contributed by atoms with E-state index in [0.29, 0.717) is 6.04 Å². The molecule has 0 saturated carbocycles. The number of anilines is 1. The van der Waals surface area contributed by atoms with E-state index in [-0.39, 0.29) is 11.3 Å². The highest BCUT2D eigenvalue weighted by atomic mass is 32.1. The van der Waals surface area contributed by atoms with Crippen molar-refractivity contribution in [3.63, 3.8) is 0 Å². The van der Waals surface area contributed by atoms with Crippen LogP contribution < -0.4 is 10.6 Å². The highest BCUT2D eigenvalue weighted by Gasteiger charge is 2.19. The SMILES string of the molecule is CC(=O)Nc1ccsc1CNC(C)C(C)(C)C. The van der Waals surface area contributed by atoms with Gasteiger partial charge in [-0.05, 0) is 23.8 Å². The molecule has 0 bridgehead atoms. The van der Waals surface area contributed by atoms with Crippen LogP contribution in [0.1, 0.15) is 39.5 Å². The molecule has 1 aromatic heterocycles. The van der Waals surface area contributed by atoms with Gasteiger partial charge in [-0.15, -0.1) is 11.3 Å². The molecule has 0 aliphatic heterocycles. The van der Waals surface area contributed by atoms with Crippen molar-refractivity contribution < 1.29 is 4.79 Å². The van der Waals surface area contributed by atoms with Crippen LogP contribution in [0.2, 0.25) is 0 Å². The fraction of sp³-hybridized carbons (Fsp3) is 0.615. The molecular formula is C13H22N2OS. The lowest BCUT2D eigenvalue weighted by Gasteiger charge is -2.28. The average Bonchev–Trinajstić information content (AvgIpc) is 2.59. The van der Waals surface area contributed by atoms with Gasteiger partial charge in [0.05, 0.1) is 5.69 Å². The Kier molecular flexibility index (Phi) is 4.71. The molecule has 0 aliphatic carbocycles. The predicted molar refractivity (Wildman–Crippen MR) is 74.4 cm³/mol. The molecule has 1 unspecified atom stereocenters. The van der Waals surface area contributed by atoms with Gasteiger partial charge in [0.15, 0.2) is 0 Å². The highest BCUT2D eigenvalue weighted by molar-refractivity contribution is 7.10. The molecule has 0 radical (unpaired) electrons. The van der Waals surface area contributed by atoms with Gasteiger partial charge in [0.1, 0.15) is 0 Å². The minimum absolute atomic E-state index is 0.0199. The van der Waals surface area contributed by atoms with Crippen molar-refractivity contribution >= 4 is 22.9 Å². The predicted octanol–water partition coefficient (Wildman–Crippen LogP) is 3.23. The zero-order valence-electron chi connectivity index (χ0n) is 11.3. The molecule has 1 aromatic rings. The lowest BCUT2D eigenvalue weighted by Crippen LogP contribution is -2.37. The van der Waals surface area contributed by atoms with Gasteiger partial charge in [0.25, 0.3) is 0 Å². The normalized spacial score (nSPS) is 13.5. The molecule has 3 nitrogen and oxygen atoms in total. The quantitative estimate of drug-likeness (QED) is 0.866. The van der Waals surface area contributed by atoms with Crippen molar-refractivity contribution in [3.8, 4) is 0 Å². The first-order valence-corrected chi connectivity index (χ1v) is 6.76. The molecule has 17 heavy (non-hydrogen) atoms. The number of carbonyl (C=O) groups excluding carboxylic acids is 1. The van der Waals surface area contributed by atoms with E-state index in [1.807, 2.05) is 11.4 Å². The summed E-state index contributed by atoms with van der Waals surface area (Å²) < 4.78 is 0. The summed E-state index contributed by atoms with van der Waals surface area (Å²) >= 11 is 1.67. The fourth-order valence-electron chi connectivity index (χ4n) is 1.33. The van der Waals surface area contributed by atoms with Crippen LogP contribution in [0, 0.1) is 5.41 Å². The highest BCUT2D eigenvalue weighted by Crippen LogP contribution is 2.24. The van der Waals surface area contributed by atoms with Crippen LogP contribution in [-0.4, -0.2) is 11.9 Å². The molecule has 96 valence electrons. The first-order valence-electron chi connectivity index (χ1n) is 5.88. The van der Waals surface area contributed by atoms with Gasteiger partial charge in [0.2, 0.25) is 5.91 Å². The third-order valence-electron chi connectivity index (χ3n) is 2.92. The number of hydrogen-bond acceptors (Lipinski definition) is 3. The Morgan fingerprint density at radius 1 is 1.47 bits per heavy atom. The summed E-state index contributed by atoms with van der Waals surface area (Å²) in [7, 11) is 0. The van der Waals surface area contributed by atoms with Gasteiger partial charge in [-0.1, -0.05) is 20.8 Å². The summed E-state index contributed by atoms with van der Waals surface area (Å²) in [6.07, 6.45) is 0. The summed E-state index contributed by atoms with van der Waals surface area (Å²) in [5.41, 5.74) is 1.17. The summed E-state index contributed by atoms with van der Waals surface area (Å²) in [6, 6.07) is 2.37. The van der Waals surface area contributed by atoms with E-state index in [0.717, 1.165) is 12.2 Å². The minimum Gasteiger partial charge on any atom is -0.325 e. The minimum atomic E-state index is -0.0199. The molecule has 1 heterocycles. The van der Waals surface area contributed by atoms with E-state index in [1.54, 1.807) is 11.3 Å².